The van der Waals surface area contributed by atoms with E-state index in [9.17, 15) is 14.7 Å². The summed E-state index contributed by atoms with van der Waals surface area (Å²) in [6.45, 7) is 5.43. The SMILES string of the molecule is CCOC(=O)C1=C(CN2CC(C)(O)C2)NC(=O)NC1. The molecule has 1 fully saturated rings. The number of carbonyl (C=O) groups excluding carboxylic acids is 2. The van der Waals surface area contributed by atoms with Gasteiger partial charge in [-0.3, -0.25) is 4.90 Å². The average Bonchev–Trinajstić information content (AvgIpc) is 2.27. The van der Waals surface area contributed by atoms with Gasteiger partial charge in [0, 0.05) is 25.3 Å². The number of aliphatic hydroxyl groups is 1. The molecule has 0 atom stereocenters. The first-order chi connectivity index (χ1) is 8.91. The Hall–Kier alpha value is -1.60. The van der Waals surface area contributed by atoms with E-state index in [4.69, 9.17) is 4.74 Å². The number of urea groups is 1. The number of amides is 2. The highest BCUT2D eigenvalue weighted by Crippen LogP contribution is 2.21. The number of carbonyl (C=O) groups is 2. The number of likely N-dealkylation sites (tertiary alicyclic amines) is 1. The Kier molecular flexibility index (Phi) is 3.77. The molecule has 0 aromatic rings. The van der Waals surface area contributed by atoms with E-state index in [1.54, 1.807) is 13.8 Å². The van der Waals surface area contributed by atoms with Crippen molar-refractivity contribution in [2.24, 2.45) is 0 Å². The second-order valence-corrected chi connectivity index (χ2v) is 5.13. The van der Waals surface area contributed by atoms with Crippen molar-refractivity contribution in [3.8, 4) is 0 Å². The van der Waals surface area contributed by atoms with Crippen molar-refractivity contribution in [1.29, 1.82) is 0 Å². The van der Waals surface area contributed by atoms with Crippen LogP contribution in [0.25, 0.3) is 0 Å². The molecule has 2 aliphatic rings. The second-order valence-electron chi connectivity index (χ2n) is 5.13. The van der Waals surface area contributed by atoms with Crippen molar-refractivity contribution < 1.29 is 19.4 Å². The van der Waals surface area contributed by atoms with Crippen LogP contribution in [-0.2, 0) is 9.53 Å². The highest BCUT2D eigenvalue weighted by molar-refractivity contribution is 5.93. The topological polar surface area (TPSA) is 90.9 Å². The number of hydrogen-bond acceptors (Lipinski definition) is 5. The Labute approximate surface area is 111 Å². The summed E-state index contributed by atoms with van der Waals surface area (Å²) in [5, 5.41) is 14.9. The standard InChI is InChI=1S/C12H19N3O4/c1-3-19-10(16)8-4-13-11(17)14-9(8)5-15-6-12(2,18)7-15/h18H,3-7H2,1-2H3,(H2,13,14,17). The second kappa shape index (κ2) is 5.18. The first-order valence-electron chi connectivity index (χ1n) is 6.30. The fraction of sp³-hybridized carbons (Fsp3) is 0.667. The summed E-state index contributed by atoms with van der Waals surface area (Å²) < 4.78 is 4.97. The minimum atomic E-state index is -0.679. The van der Waals surface area contributed by atoms with Gasteiger partial charge in [0.15, 0.2) is 0 Å². The van der Waals surface area contributed by atoms with Crippen molar-refractivity contribution in [3.63, 3.8) is 0 Å². The number of ether oxygens (including phenoxy) is 1. The predicted molar refractivity (Wildman–Crippen MR) is 67.3 cm³/mol. The van der Waals surface area contributed by atoms with E-state index >= 15 is 0 Å². The molecule has 0 aromatic carbocycles. The normalized spacial score (nSPS) is 22.4. The lowest BCUT2D eigenvalue weighted by Crippen LogP contribution is -2.61. The van der Waals surface area contributed by atoms with E-state index in [0.29, 0.717) is 37.5 Å². The molecule has 0 saturated carbocycles. The van der Waals surface area contributed by atoms with Gasteiger partial charge >= 0.3 is 12.0 Å². The Bertz CT molecular complexity index is 423. The molecule has 2 aliphatic heterocycles. The third-order valence-corrected chi connectivity index (χ3v) is 3.09. The molecule has 1 saturated heterocycles. The molecule has 0 bridgehead atoms. The quantitative estimate of drug-likeness (QED) is 0.580. The molecular formula is C12H19N3O4. The van der Waals surface area contributed by atoms with Crippen molar-refractivity contribution in [3.05, 3.63) is 11.3 Å². The lowest BCUT2D eigenvalue weighted by molar-refractivity contribution is -0.138. The predicted octanol–water partition coefficient (Wildman–Crippen LogP) is -0.817. The van der Waals surface area contributed by atoms with Crippen LogP contribution in [0.4, 0.5) is 4.79 Å². The van der Waals surface area contributed by atoms with Gasteiger partial charge < -0.3 is 20.5 Å². The third-order valence-electron chi connectivity index (χ3n) is 3.09. The van der Waals surface area contributed by atoms with Crippen molar-refractivity contribution in [2.45, 2.75) is 19.4 Å². The van der Waals surface area contributed by atoms with Gasteiger partial charge in [0.2, 0.25) is 0 Å². The molecule has 0 spiro atoms. The van der Waals surface area contributed by atoms with Gasteiger partial charge in [0.25, 0.3) is 0 Å². The monoisotopic (exact) mass is 269 g/mol. The highest BCUT2D eigenvalue weighted by atomic mass is 16.5. The van der Waals surface area contributed by atoms with Crippen molar-refractivity contribution in [1.82, 2.24) is 15.5 Å². The highest BCUT2D eigenvalue weighted by Gasteiger charge is 2.37. The molecule has 3 N–H and O–H groups in total. The Morgan fingerprint density at radius 3 is 2.79 bits per heavy atom. The molecule has 19 heavy (non-hydrogen) atoms. The molecule has 2 heterocycles. The summed E-state index contributed by atoms with van der Waals surface area (Å²) in [7, 11) is 0. The zero-order valence-corrected chi connectivity index (χ0v) is 11.2. The van der Waals surface area contributed by atoms with E-state index in [-0.39, 0.29) is 12.6 Å². The summed E-state index contributed by atoms with van der Waals surface area (Å²) in [5.41, 5.74) is 0.312. The van der Waals surface area contributed by atoms with E-state index in [1.807, 2.05) is 4.90 Å². The first kappa shape index (κ1) is 13.8. The van der Waals surface area contributed by atoms with E-state index in [0.717, 1.165) is 0 Å². The Balaban J connectivity index is 2.06. The maximum atomic E-state index is 11.8. The van der Waals surface area contributed by atoms with Crippen LogP contribution >= 0.6 is 0 Å². The smallest absolute Gasteiger partial charge is 0.337 e. The van der Waals surface area contributed by atoms with Crippen LogP contribution in [0.2, 0.25) is 0 Å². The fourth-order valence-electron chi connectivity index (χ4n) is 2.33. The number of nitrogens with one attached hydrogen (secondary N) is 2. The summed E-state index contributed by atoms with van der Waals surface area (Å²) >= 11 is 0. The number of esters is 1. The minimum Gasteiger partial charge on any atom is -0.463 e. The van der Waals surface area contributed by atoms with E-state index in [2.05, 4.69) is 10.6 Å². The van der Waals surface area contributed by atoms with Gasteiger partial charge in [-0.25, -0.2) is 9.59 Å². The maximum Gasteiger partial charge on any atom is 0.337 e. The van der Waals surface area contributed by atoms with Crippen LogP contribution in [0, 0.1) is 0 Å². The molecule has 106 valence electrons. The summed E-state index contributed by atoms with van der Waals surface area (Å²) in [4.78, 5) is 25.1. The van der Waals surface area contributed by atoms with Crippen LogP contribution in [-0.4, -0.2) is 60.4 Å². The van der Waals surface area contributed by atoms with Crippen LogP contribution in [0.1, 0.15) is 13.8 Å². The molecule has 7 heteroatoms. The molecule has 7 nitrogen and oxygen atoms in total. The van der Waals surface area contributed by atoms with Crippen molar-refractivity contribution >= 4 is 12.0 Å². The molecule has 0 radical (unpaired) electrons. The summed E-state index contributed by atoms with van der Waals surface area (Å²) in [5.74, 6) is -0.419. The number of rotatable bonds is 4. The van der Waals surface area contributed by atoms with Crippen LogP contribution < -0.4 is 10.6 Å². The van der Waals surface area contributed by atoms with Gasteiger partial charge in [0.05, 0.1) is 24.3 Å². The Morgan fingerprint density at radius 2 is 2.21 bits per heavy atom. The van der Waals surface area contributed by atoms with Gasteiger partial charge in [-0.15, -0.1) is 0 Å². The van der Waals surface area contributed by atoms with Crippen LogP contribution in [0.5, 0.6) is 0 Å². The van der Waals surface area contributed by atoms with Gasteiger partial charge in [-0.1, -0.05) is 0 Å². The number of β-amino-alcohol motifs (C(OH)–C–C–N with tert-alkyl or cyclic N) is 1. The van der Waals surface area contributed by atoms with Gasteiger partial charge in [0.1, 0.15) is 0 Å². The maximum absolute atomic E-state index is 11.8. The lowest BCUT2D eigenvalue weighted by atomic mass is 9.96. The number of nitrogens with zero attached hydrogens (tertiary/aromatic N) is 1. The van der Waals surface area contributed by atoms with Gasteiger partial charge in [-0.05, 0) is 13.8 Å². The minimum absolute atomic E-state index is 0.171. The van der Waals surface area contributed by atoms with Gasteiger partial charge in [-0.2, -0.15) is 0 Å². The zero-order valence-electron chi connectivity index (χ0n) is 11.2. The van der Waals surface area contributed by atoms with E-state index in [1.165, 1.54) is 0 Å². The zero-order chi connectivity index (χ0) is 14.0. The van der Waals surface area contributed by atoms with Crippen LogP contribution in [0.3, 0.4) is 0 Å². The van der Waals surface area contributed by atoms with E-state index < -0.39 is 11.6 Å². The number of hydrogen-bond donors (Lipinski definition) is 3. The summed E-state index contributed by atoms with van der Waals surface area (Å²) in [6.07, 6.45) is 0. The third kappa shape index (κ3) is 3.24. The lowest BCUT2D eigenvalue weighted by Gasteiger charge is -2.44. The first-order valence-corrected chi connectivity index (χ1v) is 6.30. The van der Waals surface area contributed by atoms with Crippen molar-refractivity contribution in [2.75, 3.05) is 32.8 Å². The largest absolute Gasteiger partial charge is 0.463 e. The fourth-order valence-corrected chi connectivity index (χ4v) is 2.33. The molecule has 0 aliphatic carbocycles. The molecule has 2 rings (SSSR count). The molecule has 0 aromatic heterocycles. The Morgan fingerprint density at radius 1 is 1.53 bits per heavy atom. The molecule has 2 amide bonds. The van der Waals surface area contributed by atoms with Crippen LogP contribution in [0.15, 0.2) is 11.3 Å². The summed E-state index contributed by atoms with van der Waals surface area (Å²) in [6, 6.07) is -0.324. The molecule has 0 unspecified atom stereocenters. The average molecular weight is 269 g/mol. The molecular weight excluding hydrogens is 250 g/mol.